The summed E-state index contributed by atoms with van der Waals surface area (Å²) >= 11 is 0. The number of hydrogen-bond donors (Lipinski definition) is 0. The fourth-order valence-corrected chi connectivity index (χ4v) is 1.02. The lowest BCUT2D eigenvalue weighted by atomic mass is 10.3. The molecular formula is C8H6BrN3. The van der Waals surface area contributed by atoms with Gasteiger partial charge in [0.05, 0.1) is 17.3 Å². The summed E-state index contributed by atoms with van der Waals surface area (Å²) in [4.78, 5) is 0. The van der Waals surface area contributed by atoms with Gasteiger partial charge in [-0.05, 0) is 12.1 Å². The molecule has 0 fully saturated rings. The molecule has 2 rings (SSSR count). The third-order valence-corrected chi connectivity index (χ3v) is 1.55. The van der Waals surface area contributed by atoms with Crippen LogP contribution in [-0.2, 0) is 0 Å². The minimum absolute atomic E-state index is 0. The third kappa shape index (κ3) is 1.19. The average Bonchev–Trinajstić information content (AvgIpc) is 2.47. The van der Waals surface area contributed by atoms with E-state index in [9.17, 15) is 0 Å². The van der Waals surface area contributed by atoms with E-state index in [4.69, 9.17) is 5.26 Å². The standard InChI is InChI=1S/C8H5N3.BrH/c9-5-7-6-10-11-4-2-1-3-8(7)11;/h1-4,6H;1H. The van der Waals surface area contributed by atoms with Gasteiger partial charge in [-0.15, -0.1) is 17.0 Å². The second kappa shape index (κ2) is 3.37. The van der Waals surface area contributed by atoms with Crippen LogP contribution in [0, 0.1) is 11.3 Å². The largest absolute Gasteiger partial charge is 0.240 e. The van der Waals surface area contributed by atoms with E-state index >= 15 is 0 Å². The Labute approximate surface area is 80.0 Å². The lowest BCUT2D eigenvalue weighted by molar-refractivity contribution is 0.961. The molecule has 0 atom stereocenters. The molecule has 3 nitrogen and oxygen atoms in total. The van der Waals surface area contributed by atoms with Crippen LogP contribution >= 0.6 is 17.0 Å². The molecule has 2 aromatic rings. The van der Waals surface area contributed by atoms with E-state index in [1.54, 1.807) is 10.7 Å². The van der Waals surface area contributed by atoms with Crippen molar-refractivity contribution >= 4 is 22.5 Å². The minimum atomic E-state index is 0. The van der Waals surface area contributed by atoms with Crippen LogP contribution in [-0.4, -0.2) is 9.61 Å². The average molecular weight is 224 g/mol. The highest BCUT2D eigenvalue weighted by molar-refractivity contribution is 8.93. The molecule has 0 saturated carbocycles. The van der Waals surface area contributed by atoms with Crippen molar-refractivity contribution in [1.82, 2.24) is 9.61 Å². The maximum Gasteiger partial charge on any atom is 0.103 e. The first-order chi connectivity index (χ1) is 5.42. The molecule has 60 valence electrons. The van der Waals surface area contributed by atoms with Gasteiger partial charge in [0.2, 0.25) is 0 Å². The molecule has 0 saturated heterocycles. The first-order valence-electron chi connectivity index (χ1n) is 3.24. The molecule has 12 heavy (non-hydrogen) atoms. The van der Waals surface area contributed by atoms with Crippen LogP contribution in [0.15, 0.2) is 30.6 Å². The van der Waals surface area contributed by atoms with Gasteiger partial charge in [0.15, 0.2) is 0 Å². The minimum Gasteiger partial charge on any atom is -0.240 e. The molecule has 0 bridgehead atoms. The van der Waals surface area contributed by atoms with Crippen molar-refractivity contribution in [2.75, 3.05) is 0 Å². The van der Waals surface area contributed by atoms with Gasteiger partial charge < -0.3 is 0 Å². The summed E-state index contributed by atoms with van der Waals surface area (Å²) in [5.74, 6) is 0. The Hall–Kier alpha value is -1.34. The monoisotopic (exact) mass is 223 g/mol. The number of hydrogen-bond acceptors (Lipinski definition) is 2. The molecular weight excluding hydrogens is 218 g/mol. The molecule has 0 radical (unpaired) electrons. The van der Waals surface area contributed by atoms with Crippen LogP contribution in [0.5, 0.6) is 0 Å². The Morgan fingerprint density at radius 3 is 3.00 bits per heavy atom. The molecule has 0 aliphatic rings. The quantitative estimate of drug-likeness (QED) is 0.684. The van der Waals surface area contributed by atoms with Crippen molar-refractivity contribution in [3.8, 4) is 6.07 Å². The lowest BCUT2D eigenvalue weighted by Crippen LogP contribution is -1.82. The summed E-state index contributed by atoms with van der Waals surface area (Å²) in [6.45, 7) is 0. The number of nitrogens with zero attached hydrogens (tertiary/aromatic N) is 3. The van der Waals surface area contributed by atoms with Gasteiger partial charge >= 0.3 is 0 Å². The molecule has 0 aliphatic carbocycles. The topological polar surface area (TPSA) is 41.1 Å². The zero-order valence-corrected chi connectivity index (χ0v) is 7.85. The van der Waals surface area contributed by atoms with Crippen LogP contribution in [0.4, 0.5) is 0 Å². The first kappa shape index (κ1) is 8.75. The fourth-order valence-electron chi connectivity index (χ4n) is 1.02. The van der Waals surface area contributed by atoms with Crippen molar-refractivity contribution < 1.29 is 0 Å². The van der Waals surface area contributed by atoms with Crippen molar-refractivity contribution in [3.05, 3.63) is 36.2 Å². The smallest absolute Gasteiger partial charge is 0.103 e. The molecule has 0 aromatic carbocycles. The van der Waals surface area contributed by atoms with Crippen molar-refractivity contribution in [3.63, 3.8) is 0 Å². The molecule has 0 amide bonds. The predicted molar refractivity (Wildman–Crippen MR) is 50.2 cm³/mol. The van der Waals surface area contributed by atoms with E-state index in [1.807, 2.05) is 24.4 Å². The highest BCUT2D eigenvalue weighted by atomic mass is 79.9. The summed E-state index contributed by atoms with van der Waals surface area (Å²) in [5.41, 5.74) is 1.47. The van der Waals surface area contributed by atoms with Crippen molar-refractivity contribution in [2.24, 2.45) is 0 Å². The van der Waals surface area contributed by atoms with E-state index in [-0.39, 0.29) is 17.0 Å². The van der Waals surface area contributed by atoms with E-state index in [2.05, 4.69) is 11.2 Å². The predicted octanol–water partition coefficient (Wildman–Crippen LogP) is 1.78. The van der Waals surface area contributed by atoms with E-state index in [1.165, 1.54) is 0 Å². The third-order valence-electron chi connectivity index (χ3n) is 1.55. The zero-order valence-electron chi connectivity index (χ0n) is 6.14. The molecule has 0 aliphatic heterocycles. The van der Waals surface area contributed by atoms with Crippen molar-refractivity contribution in [1.29, 1.82) is 5.26 Å². The van der Waals surface area contributed by atoms with E-state index < -0.39 is 0 Å². The van der Waals surface area contributed by atoms with Crippen LogP contribution in [0.3, 0.4) is 0 Å². The summed E-state index contributed by atoms with van der Waals surface area (Å²) in [6.07, 6.45) is 3.38. The zero-order chi connectivity index (χ0) is 7.68. The van der Waals surface area contributed by atoms with Gasteiger partial charge in [0.25, 0.3) is 0 Å². The number of rotatable bonds is 0. The van der Waals surface area contributed by atoms with Gasteiger partial charge in [-0.2, -0.15) is 10.4 Å². The van der Waals surface area contributed by atoms with E-state index in [0.29, 0.717) is 5.56 Å². The Morgan fingerprint density at radius 2 is 2.25 bits per heavy atom. The van der Waals surface area contributed by atoms with Gasteiger partial charge in [-0.3, -0.25) is 0 Å². The molecule has 2 heterocycles. The summed E-state index contributed by atoms with van der Waals surface area (Å²) < 4.78 is 1.68. The second-order valence-corrected chi connectivity index (χ2v) is 2.20. The normalized spacial score (nSPS) is 8.92. The van der Waals surface area contributed by atoms with Gasteiger partial charge in [0, 0.05) is 6.20 Å². The maximum atomic E-state index is 8.62. The van der Waals surface area contributed by atoms with Crippen LogP contribution < -0.4 is 0 Å². The summed E-state index contributed by atoms with van der Waals surface area (Å²) in [7, 11) is 0. The Kier molecular flexibility index (Phi) is 2.46. The Balaban J connectivity index is 0.000000720. The summed E-state index contributed by atoms with van der Waals surface area (Å²) in [6, 6.07) is 7.70. The number of fused-ring (bicyclic) bond motifs is 1. The number of nitriles is 1. The number of pyridine rings is 1. The SMILES string of the molecule is Br.N#Cc1cnn2ccccc12. The van der Waals surface area contributed by atoms with Gasteiger partial charge in [-0.25, -0.2) is 4.52 Å². The molecule has 0 unspecified atom stereocenters. The molecule has 0 N–H and O–H groups in total. The van der Waals surface area contributed by atoms with Gasteiger partial charge in [-0.1, -0.05) is 6.07 Å². The number of halogens is 1. The van der Waals surface area contributed by atoms with Gasteiger partial charge in [0.1, 0.15) is 6.07 Å². The van der Waals surface area contributed by atoms with Crippen LogP contribution in [0.2, 0.25) is 0 Å². The van der Waals surface area contributed by atoms with Crippen LogP contribution in [0.1, 0.15) is 5.56 Å². The van der Waals surface area contributed by atoms with Crippen LogP contribution in [0.25, 0.3) is 5.52 Å². The molecule has 2 aromatic heterocycles. The Bertz CT molecular complexity index is 427. The molecule has 0 spiro atoms. The lowest BCUT2D eigenvalue weighted by Gasteiger charge is -1.88. The highest BCUT2D eigenvalue weighted by Crippen LogP contribution is 2.06. The van der Waals surface area contributed by atoms with E-state index in [0.717, 1.165) is 5.52 Å². The first-order valence-corrected chi connectivity index (χ1v) is 3.24. The fraction of sp³-hybridized carbons (Fsp3) is 0. The summed E-state index contributed by atoms with van der Waals surface area (Å²) in [5, 5.41) is 12.6. The Morgan fingerprint density at radius 1 is 1.42 bits per heavy atom. The highest BCUT2D eigenvalue weighted by Gasteiger charge is 1.98. The van der Waals surface area contributed by atoms with Crippen molar-refractivity contribution in [2.45, 2.75) is 0 Å². The maximum absolute atomic E-state index is 8.62. The second-order valence-electron chi connectivity index (χ2n) is 2.20. The molecule has 4 heteroatoms. The number of aromatic nitrogens is 2.